The molecule has 7 nitrogen and oxygen atoms in total. The zero-order chi connectivity index (χ0) is 19.7. The van der Waals surface area contributed by atoms with Crippen LogP contribution in [0.5, 0.6) is 5.75 Å². The van der Waals surface area contributed by atoms with Gasteiger partial charge in [-0.3, -0.25) is 0 Å². The van der Waals surface area contributed by atoms with E-state index in [1.54, 1.807) is 13.8 Å². The van der Waals surface area contributed by atoms with Gasteiger partial charge >= 0.3 is 17.9 Å². The number of rotatable bonds is 9. The molecule has 0 aliphatic heterocycles. The van der Waals surface area contributed by atoms with Crippen LogP contribution in [0.3, 0.4) is 0 Å². The molecule has 1 N–H and O–H groups in total. The zero-order valence-corrected chi connectivity index (χ0v) is 15.7. The molecule has 0 atom stereocenters. The third-order valence-corrected chi connectivity index (χ3v) is 3.79. The van der Waals surface area contributed by atoms with Gasteiger partial charge in [0, 0.05) is 0 Å². The third-order valence-electron chi connectivity index (χ3n) is 3.79. The van der Waals surface area contributed by atoms with Crippen LogP contribution >= 0.6 is 0 Å². The number of methoxy groups -OCH3 is 1. The molecular weight excluding hydrogens is 340 g/mol. The third kappa shape index (κ3) is 4.97. The number of phenols is 1. The average molecular weight is 366 g/mol. The van der Waals surface area contributed by atoms with E-state index >= 15 is 0 Å². The molecule has 144 valence electrons. The second kappa shape index (κ2) is 10.4. The van der Waals surface area contributed by atoms with E-state index in [9.17, 15) is 19.5 Å². The molecule has 0 aliphatic rings. The van der Waals surface area contributed by atoms with Gasteiger partial charge in [-0.25, -0.2) is 14.4 Å². The van der Waals surface area contributed by atoms with Crippen LogP contribution in [0.25, 0.3) is 0 Å². The van der Waals surface area contributed by atoms with E-state index in [4.69, 9.17) is 14.2 Å². The Balaban J connectivity index is 3.64. The van der Waals surface area contributed by atoms with Gasteiger partial charge in [0.05, 0.1) is 31.5 Å². The van der Waals surface area contributed by atoms with E-state index in [0.29, 0.717) is 12.0 Å². The molecule has 1 rings (SSSR count). The summed E-state index contributed by atoms with van der Waals surface area (Å²) >= 11 is 0. The van der Waals surface area contributed by atoms with E-state index in [1.165, 1.54) is 6.07 Å². The number of carbonyl (C=O) groups is 3. The van der Waals surface area contributed by atoms with Crippen molar-refractivity contribution < 1.29 is 33.7 Å². The number of aryl methyl sites for hydroxylation is 1. The van der Waals surface area contributed by atoms with E-state index in [2.05, 4.69) is 0 Å². The smallest absolute Gasteiger partial charge is 0.342 e. The molecule has 0 radical (unpaired) electrons. The van der Waals surface area contributed by atoms with Crippen LogP contribution in [-0.4, -0.2) is 43.3 Å². The van der Waals surface area contributed by atoms with Crippen LogP contribution in [0.1, 0.15) is 76.7 Å². The summed E-state index contributed by atoms with van der Waals surface area (Å²) in [5, 5.41) is 10.6. The van der Waals surface area contributed by atoms with Crippen LogP contribution < -0.4 is 0 Å². The maximum atomic E-state index is 12.4. The fraction of sp³-hybridized carbons (Fsp3) is 0.526. The van der Waals surface area contributed by atoms with Crippen molar-refractivity contribution in [3.05, 3.63) is 28.3 Å². The molecule has 0 bridgehead atoms. The Hall–Kier alpha value is -2.57. The number of hydrogen-bond acceptors (Lipinski definition) is 7. The summed E-state index contributed by atoms with van der Waals surface area (Å²) in [6.45, 7) is 5.40. The van der Waals surface area contributed by atoms with E-state index < -0.39 is 17.9 Å². The lowest BCUT2D eigenvalue weighted by molar-refractivity contribution is 0.0468. The van der Waals surface area contributed by atoms with Gasteiger partial charge in [0.25, 0.3) is 0 Å². The molecule has 0 saturated carbocycles. The van der Waals surface area contributed by atoms with Crippen LogP contribution in [-0.2, 0) is 20.6 Å². The van der Waals surface area contributed by atoms with Crippen molar-refractivity contribution in [2.45, 2.75) is 46.5 Å². The Morgan fingerprint density at radius 2 is 1.54 bits per heavy atom. The number of carbonyl (C=O) groups excluding carboxylic acids is 3. The molecule has 7 heteroatoms. The topological polar surface area (TPSA) is 99.1 Å². The summed E-state index contributed by atoms with van der Waals surface area (Å²) in [5.74, 6) is -2.96. The number of esters is 3. The highest BCUT2D eigenvalue weighted by Crippen LogP contribution is 2.32. The van der Waals surface area contributed by atoms with Gasteiger partial charge in [0.2, 0.25) is 0 Å². The van der Waals surface area contributed by atoms with Gasteiger partial charge in [-0.2, -0.15) is 0 Å². The minimum Gasteiger partial charge on any atom is -0.507 e. The maximum absolute atomic E-state index is 12.4. The van der Waals surface area contributed by atoms with E-state index in [1.807, 2.05) is 6.92 Å². The van der Waals surface area contributed by atoms with Gasteiger partial charge in [0.1, 0.15) is 11.3 Å². The monoisotopic (exact) mass is 366 g/mol. The van der Waals surface area contributed by atoms with Crippen LogP contribution in [0.15, 0.2) is 6.07 Å². The molecule has 1 aromatic rings. The van der Waals surface area contributed by atoms with E-state index in [-0.39, 0.29) is 35.7 Å². The lowest BCUT2D eigenvalue weighted by Crippen LogP contribution is -2.20. The number of ether oxygens (including phenoxy) is 3. The van der Waals surface area contributed by atoms with E-state index in [0.717, 1.165) is 26.4 Å². The lowest BCUT2D eigenvalue weighted by atomic mass is 9.93. The van der Waals surface area contributed by atoms with Crippen molar-refractivity contribution in [3.63, 3.8) is 0 Å². The van der Waals surface area contributed by atoms with Gasteiger partial charge in [-0.1, -0.05) is 19.8 Å². The van der Waals surface area contributed by atoms with Crippen LogP contribution in [0.2, 0.25) is 0 Å². The number of aromatic hydroxyl groups is 1. The molecule has 0 fully saturated rings. The summed E-state index contributed by atoms with van der Waals surface area (Å²) in [4.78, 5) is 37.0. The average Bonchev–Trinajstić information content (AvgIpc) is 2.62. The Labute approximate surface area is 153 Å². The molecule has 0 heterocycles. The Kier molecular flexibility index (Phi) is 8.61. The molecule has 0 unspecified atom stereocenters. The predicted molar refractivity (Wildman–Crippen MR) is 94.6 cm³/mol. The van der Waals surface area contributed by atoms with Crippen molar-refractivity contribution >= 4 is 17.9 Å². The van der Waals surface area contributed by atoms with Crippen LogP contribution in [0, 0.1) is 0 Å². The Morgan fingerprint density at radius 1 is 0.923 bits per heavy atom. The first-order valence-electron chi connectivity index (χ1n) is 8.74. The second-order valence-electron chi connectivity index (χ2n) is 5.57. The summed E-state index contributed by atoms with van der Waals surface area (Å²) in [7, 11) is 1.13. The highest BCUT2D eigenvalue weighted by Gasteiger charge is 2.31. The van der Waals surface area contributed by atoms with Crippen molar-refractivity contribution in [2.75, 3.05) is 20.3 Å². The standard InChI is InChI=1S/C19H26O7/c1-5-8-9-10-12-11-13(17(21)25-6-2)14(19(23)26-7-3)15(16(12)20)18(22)24-4/h11,20H,5-10H2,1-4H3. The Morgan fingerprint density at radius 3 is 2.08 bits per heavy atom. The first kappa shape index (κ1) is 21.5. The highest BCUT2D eigenvalue weighted by atomic mass is 16.5. The van der Waals surface area contributed by atoms with Crippen molar-refractivity contribution in [2.24, 2.45) is 0 Å². The zero-order valence-electron chi connectivity index (χ0n) is 15.7. The maximum Gasteiger partial charge on any atom is 0.342 e. The SMILES string of the molecule is CCCCCc1cc(C(=O)OCC)c(C(=O)OCC)c(C(=O)OC)c1O. The second-order valence-corrected chi connectivity index (χ2v) is 5.57. The Bertz CT molecular complexity index is 664. The molecule has 1 aromatic carbocycles. The minimum absolute atomic E-state index is 0.0424. The minimum atomic E-state index is -0.923. The van der Waals surface area contributed by atoms with Crippen molar-refractivity contribution in [1.82, 2.24) is 0 Å². The summed E-state index contributed by atoms with van der Waals surface area (Å²) in [6.07, 6.45) is 3.09. The van der Waals surface area contributed by atoms with Crippen molar-refractivity contribution in [3.8, 4) is 5.75 Å². The molecule has 0 aliphatic carbocycles. The number of benzene rings is 1. The normalized spacial score (nSPS) is 10.3. The molecule has 0 spiro atoms. The molecule has 0 saturated heterocycles. The number of unbranched alkanes of at least 4 members (excludes halogenated alkanes) is 2. The summed E-state index contributed by atoms with van der Waals surface area (Å²) in [6, 6.07) is 1.39. The molecule has 0 amide bonds. The molecular formula is C19H26O7. The lowest BCUT2D eigenvalue weighted by Gasteiger charge is -2.16. The van der Waals surface area contributed by atoms with Crippen molar-refractivity contribution in [1.29, 1.82) is 0 Å². The first-order valence-corrected chi connectivity index (χ1v) is 8.74. The number of phenolic OH excluding ortho intramolecular Hbond substituents is 1. The highest BCUT2D eigenvalue weighted by molar-refractivity contribution is 6.12. The predicted octanol–water partition coefficient (Wildman–Crippen LogP) is 3.26. The summed E-state index contributed by atoms with van der Waals surface area (Å²) < 4.78 is 14.7. The van der Waals surface area contributed by atoms with Gasteiger partial charge in [-0.15, -0.1) is 0 Å². The first-order chi connectivity index (χ1) is 12.4. The molecule has 0 aromatic heterocycles. The largest absolute Gasteiger partial charge is 0.507 e. The van der Waals surface area contributed by atoms with Crippen LogP contribution in [0.4, 0.5) is 0 Å². The molecule has 26 heavy (non-hydrogen) atoms. The fourth-order valence-electron chi connectivity index (χ4n) is 2.57. The van der Waals surface area contributed by atoms with Gasteiger partial charge < -0.3 is 19.3 Å². The quantitative estimate of drug-likeness (QED) is 0.407. The van der Waals surface area contributed by atoms with Gasteiger partial charge in [0.15, 0.2) is 0 Å². The van der Waals surface area contributed by atoms with Gasteiger partial charge in [-0.05, 0) is 38.3 Å². The number of hydrogen-bond donors (Lipinski definition) is 1. The summed E-state index contributed by atoms with van der Waals surface area (Å²) in [5.41, 5.74) is -0.443. The fourth-order valence-corrected chi connectivity index (χ4v) is 2.57.